The van der Waals surface area contributed by atoms with E-state index in [4.69, 9.17) is 0 Å². The fourth-order valence-corrected chi connectivity index (χ4v) is 5.25. The molecule has 1 fully saturated rings. The second kappa shape index (κ2) is 8.19. The Bertz CT molecular complexity index is 946. The van der Waals surface area contributed by atoms with Crippen molar-refractivity contribution in [2.45, 2.75) is 19.4 Å². The van der Waals surface area contributed by atoms with Crippen LogP contribution in [0.5, 0.6) is 0 Å². The van der Waals surface area contributed by atoms with Crippen LogP contribution in [0.2, 0.25) is 0 Å². The molecule has 1 N–H and O–H groups in total. The second-order valence-corrected chi connectivity index (χ2v) is 10.0. The Hall–Kier alpha value is -1.95. The third-order valence-corrected chi connectivity index (χ3v) is 7.70. The summed E-state index contributed by atoms with van der Waals surface area (Å²) in [5.74, 6) is -0.513. The molecule has 0 bridgehead atoms. The van der Waals surface area contributed by atoms with E-state index in [9.17, 15) is 18.3 Å². The maximum absolute atomic E-state index is 13.0. The van der Waals surface area contributed by atoms with Gasteiger partial charge >= 0.3 is 0 Å². The van der Waals surface area contributed by atoms with Crippen molar-refractivity contribution in [2.75, 3.05) is 32.9 Å². The highest BCUT2D eigenvalue weighted by Gasteiger charge is 2.38. The van der Waals surface area contributed by atoms with Crippen molar-refractivity contribution in [3.05, 3.63) is 29.0 Å². The summed E-state index contributed by atoms with van der Waals surface area (Å²) in [5, 5.41) is 10.9. The van der Waals surface area contributed by atoms with Gasteiger partial charge in [0, 0.05) is 45.5 Å². The molecule has 1 aliphatic rings. The van der Waals surface area contributed by atoms with Gasteiger partial charge in [0.05, 0.1) is 17.6 Å². The van der Waals surface area contributed by atoms with Gasteiger partial charge in [0.2, 0.25) is 10.0 Å². The molecule has 0 aliphatic carbocycles. The molecule has 0 saturated carbocycles. The first kappa shape index (κ1) is 20.8. The second-order valence-electron chi connectivity index (χ2n) is 6.82. The minimum absolute atomic E-state index is 0.102. The number of β-amino-alcohol motifs (C(OH)–C–C–N with tert-alkyl or cyclic N) is 1. The van der Waals surface area contributed by atoms with Crippen LogP contribution >= 0.6 is 11.3 Å². The summed E-state index contributed by atoms with van der Waals surface area (Å²) in [5.41, 5.74) is 0.649. The van der Waals surface area contributed by atoms with Gasteiger partial charge in [-0.25, -0.2) is 27.7 Å². The molecule has 28 heavy (non-hydrogen) atoms. The molecule has 1 amide bonds. The van der Waals surface area contributed by atoms with Gasteiger partial charge in [-0.3, -0.25) is 4.79 Å². The Morgan fingerprint density at radius 1 is 1.32 bits per heavy atom. The lowest BCUT2D eigenvalue weighted by molar-refractivity contribution is 0.0768. The van der Waals surface area contributed by atoms with E-state index < -0.39 is 22.0 Å². The van der Waals surface area contributed by atoms with Crippen molar-refractivity contribution < 1.29 is 18.3 Å². The average molecular weight is 426 g/mol. The van der Waals surface area contributed by atoms with Crippen molar-refractivity contribution >= 4 is 27.3 Å². The first-order chi connectivity index (χ1) is 13.2. The Labute approximate surface area is 168 Å². The van der Waals surface area contributed by atoms with E-state index in [1.165, 1.54) is 30.3 Å². The van der Waals surface area contributed by atoms with Crippen LogP contribution in [-0.2, 0) is 16.4 Å². The molecule has 0 aromatic carbocycles. The van der Waals surface area contributed by atoms with Crippen LogP contribution in [0.25, 0.3) is 10.8 Å². The zero-order valence-electron chi connectivity index (χ0n) is 15.9. The van der Waals surface area contributed by atoms with Crippen molar-refractivity contribution in [3.63, 3.8) is 0 Å². The molecule has 2 aromatic heterocycles. The number of hydrogen-bond donors (Lipinski definition) is 1. The van der Waals surface area contributed by atoms with Crippen LogP contribution in [0, 0.1) is 5.92 Å². The topological polar surface area (TPSA) is 117 Å². The summed E-state index contributed by atoms with van der Waals surface area (Å²) >= 11 is 1.22. The third-order valence-electron chi connectivity index (χ3n) is 4.66. The number of amides is 1. The number of likely N-dealkylation sites (tertiary alicyclic amines) is 1. The molecule has 0 unspecified atom stereocenters. The van der Waals surface area contributed by atoms with E-state index in [0.29, 0.717) is 27.8 Å². The SMILES string of the molecule is CCc1nc(-c2ncccn2)sc1C(=O)N1C[C@@H](CS(=O)(=O)N(C)C)[C@H](O)C1. The van der Waals surface area contributed by atoms with Gasteiger partial charge in [-0.1, -0.05) is 6.92 Å². The number of nitrogens with zero attached hydrogens (tertiary/aromatic N) is 5. The Kier molecular flexibility index (Phi) is 6.08. The molecule has 2 aromatic rings. The summed E-state index contributed by atoms with van der Waals surface area (Å²) in [6, 6.07) is 1.71. The number of aliphatic hydroxyl groups excluding tert-OH is 1. The van der Waals surface area contributed by atoms with Crippen LogP contribution in [0.1, 0.15) is 22.3 Å². The Morgan fingerprint density at radius 3 is 2.61 bits per heavy atom. The summed E-state index contributed by atoms with van der Waals surface area (Å²) in [4.78, 5) is 27.9. The molecule has 2 atom stereocenters. The molecule has 1 aliphatic heterocycles. The number of rotatable bonds is 6. The highest BCUT2D eigenvalue weighted by Crippen LogP contribution is 2.29. The molecule has 9 nitrogen and oxygen atoms in total. The zero-order chi connectivity index (χ0) is 20.5. The fraction of sp³-hybridized carbons (Fsp3) is 0.529. The number of thiazole rings is 1. The van der Waals surface area contributed by atoms with Crippen molar-refractivity contribution in [3.8, 4) is 10.8 Å². The normalized spacial score (nSPS) is 20.1. The molecule has 0 radical (unpaired) electrons. The number of hydrogen-bond acceptors (Lipinski definition) is 8. The average Bonchev–Trinajstić information content (AvgIpc) is 3.25. The van der Waals surface area contributed by atoms with Gasteiger partial charge in [0.15, 0.2) is 10.8 Å². The minimum atomic E-state index is -3.46. The number of aromatic nitrogens is 3. The monoisotopic (exact) mass is 425 g/mol. The van der Waals surface area contributed by atoms with Crippen molar-refractivity contribution in [1.29, 1.82) is 0 Å². The molecule has 3 rings (SSSR count). The number of carbonyl (C=O) groups is 1. The largest absolute Gasteiger partial charge is 0.391 e. The van der Waals surface area contributed by atoms with E-state index in [1.807, 2.05) is 6.92 Å². The summed E-state index contributed by atoms with van der Waals surface area (Å²) < 4.78 is 25.4. The lowest BCUT2D eigenvalue weighted by atomic mass is 10.1. The van der Waals surface area contributed by atoms with E-state index in [0.717, 1.165) is 4.31 Å². The van der Waals surface area contributed by atoms with Gasteiger partial charge in [0.25, 0.3) is 5.91 Å². The lowest BCUT2D eigenvalue weighted by Gasteiger charge is -2.17. The van der Waals surface area contributed by atoms with Crippen molar-refractivity contribution in [2.24, 2.45) is 5.92 Å². The quantitative estimate of drug-likeness (QED) is 0.716. The van der Waals surface area contributed by atoms with Crippen LogP contribution < -0.4 is 0 Å². The number of aliphatic hydroxyl groups is 1. The summed E-state index contributed by atoms with van der Waals surface area (Å²) in [6.07, 6.45) is 2.92. The van der Waals surface area contributed by atoms with E-state index >= 15 is 0 Å². The smallest absolute Gasteiger partial charge is 0.265 e. The minimum Gasteiger partial charge on any atom is -0.391 e. The molecule has 152 valence electrons. The molecule has 3 heterocycles. The number of sulfonamides is 1. The Balaban J connectivity index is 1.80. The molecular formula is C17H23N5O4S2. The van der Waals surface area contributed by atoms with Crippen LogP contribution in [0.15, 0.2) is 18.5 Å². The fourth-order valence-electron chi connectivity index (χ4n) is 3.01. The lowest BCUT2D eigenvalue weighted by Crippen LogP contribution is -2.33. The van der Waals surface area contributed by atoms with Crippen LogP contribution in [-0.4, -0.2) is 82.6 Å². The summed E-state index contributed by atoms with van der Waals surface area (Å²) in [6.45, 7) is 2.20. The standard InChI is InChI=1S/C17H23N5O4S2/c1-4-12-14(27-16(20-12)15-18-6-5-7-19-15)17(24)22-8-11(13(23)9-22)10-28(25,26)21(2)3/h5-7,11,13,23H,4,8-10H2,1-3H3/t11-,13+/m0/s1. The molecule has 11 heteroatoms. The molecule has 0 spiro atoms. The first-order valence-electron chi connectivity index (χ1n) is 8.87. The molecule has 1 saturated heterocycles. The highest BCUT2D eigenvalue weighted by atomic mass is 32.2. The predicted octanol–water partition coefficient (Wildman–Crippen LogP) is 0.487. The van der Waals surface area contributed by atoms with E-state index in [-0.39, 0.29) is 24.7 Å². The van der Waals surface area contributed by atoms with E-state index in [2.05, 4.69) is 15.0 Å². The van der Waals surface area contributed by atoms with Gasteiger partial charge < -0.3 is 10.0 Å². The maximum atomic E-state index is 13.0. The van der Waals surface area contributed by atoms with Gasteiger partial charge in [-0.15, -0.1) is 11.3 Å². The van der Waals surface area contributed by atoms with E-state index in [1.54, 1.807) is 18.5 Å². The summed E-state index contributed by atoms with van der Waals surface area (Å²) in [7, 11) is -0.552. The first-order valence-corrected chi connectivity index (χ1v) is 11.3. The van der Waals surface area contributed by atoms with Gasteiger partial charge in [-0.2, -0.15) is 0 Å². The zero-order valence-corrected chi connectivity index (χ0v) is 17.6. The highest BCUT2D eigenvalue weighted by molar-refractivity contribution is 7.89. The number of carbonyl (C=O) groups excluding carboxylic acids is 1. The van der Waals surface area contributed by atoms with Gasteiger partial charge in [0.1, 0.15) is 4.88 Å². The number of aryl methyl sites for hydroxylation is 1. The third kappa shape index (κ3) is 4.22. The van der Waals surface area contributed by atoms with Gasteiger partial charge in [-0.05, 0) is 12.5 Å². The Morgan fingerprint density at radius 2 is 2.00 bits per heavy atom. The van der Waals surface area contributed by atoms with Crippen LogP contribution in [0.4, 0.5) is 0 Å². The van der Waals surface area contributed by atoms with Crippen LogP contribution in [0.3, 0.4) is 0 Å². The van der Waals surface area contributed by atoms with Crippen molar-refractivity contribution in [1.82, 2.24) is 24.2 Å². The molecular weight excluding hydrogens is 402 g/mol. The predicted molar refractivity (Wildman–Crippen MR) is 105 cm³/mol. The maximum Gasteiger partial charge on any atom is 0.265 e.